The first-order valence-electron chi connectivity index (χ1n) is 5.32. The normalized spacial score (nSPS) is 28.4. The van der Waals surface area contributed by atoms with Crippen LogP contribution in [0.15, 0.2) is 0 Å². The summed E-state index contributed by atoms with van der Waals surface area (Å²) < 4.78 is 0. The molecule has 2 saturated heterocycles. The second-order valence-corrected chi connectivity index (χ2v) is 4.45. The van der Waals surface area contributed by atoms with Gasteiger partial charge in [0.1, 0.15) is 0 Å². The van der Waals surface area contributed by atoms with Gasteiger partial charge >= 0.3 is 16.5 Å². The van der Waals surface area contributed by atoms with E-state index in [0.29, 0.717) is 26.7 Å². The van der Waals surface area contributed by atoms with E-state index in [1.165, 1.54) is 0 Å². The van der Waals surface area contributed by atoms with E-state index in [-0.39, 0.29) is 29.6 Å². The summed E-state index contributed by atoms with van der Waals surface area (Å²) in [6.45, 7) is 2.55. The number of aliphatic carboxylic acids is 2. The van der Waals surface area contributed by atoms with Crippen molar-refractivity contribution in [2.75, 3.05) is 46.4 Å². The monoisotopic (exact) mass is 300 g/mol. The molecule has 18 heavy (non-hydrogen) atoms. The van der Waals surface area contributed by atoms with Gasteiger partial charge in [0.05, 0.1) is 45.3 Å². The Morgan fingerprint density at radius 2 is 1.11 bits per heavy atom. The molecule has 2 bridgehead atoms. The number of carbonyl (C=O) groups is 2. The zero-order valence-electron chi connectivity index (χ0n) is 9.69. The number of carboxylic acids is 2. The number of carbonyl (C=O) groups excluding carboxylic acids is 2. The van der Waals surface area contributed by atoms with Crippen LogP contribution in [0.4, 0.5) is 0 Å². The molecule has 2 aliphatic rings. The van der Waals surface area contributed by atoms with Gasteiger partial charge in [-0.1, -0.05) is 0 Å². The van der Waals surface area contributed by atoms with Gasteiger partial charge < -0.3 is 19.8 Å². The van der Waals surface area contributed by atoms with Gasteiger partial charge in [-0.25, -0.2) is 0 Å². The third-order valence-corrected chi connectivity index (χ3v) is 2.71. The molecule has 0 amide bonds. The molecule has 0 N–H and O–H groups in total. The van der Waals surface area contributed by atoms with E-state index in [0.717, 1.165) is 6.67 Å². The van der Waals surface area contributed by atoms with E-state index in [1.54, 1.807) is 9.80 Å². The molecule has 0 saturated carbocycles. The number of rotatable bonds is 4. The largest absolute Gasteiger partial charge is 2.00 e. The number of hydrogen-bond acceptors (Lipinski definition) is 8. The van der Waals surface area contributed by atoms with E-state index in [4.69, 9.17) is 0 Å². The minimum Gasteiger partial charge on any atom is -0.549 e. The standard InChI is InChI=1S/C9H16N4O4.Ni/c14-8(15)1-10-3-12-5-11(2-9(16)17)6-13(4-10)7-12;/h1-7H2,(H,14,15)(H,16,17);/q;+2/p-2. The Labute approximate surface area is 115 Å². The van der Waals surface area contributed by atoms with Crippen LogP contribution in [0.2, 0.25) is 0 Å². The van der Waals surface area contributed by atoms with E-state index in [2.05, 4.69) is 0 Å². The van der Waals surface area contributed by atoms with Crippen LogP contribution in [0, 0.1) is 0 Å². The van der Waals surface area contributed by atoms with E-state index >= 15 is 0 Å². The molecular weight excluding hydrogens is 287 g/mol. The van der Waals surface area contributed by atoms with Crippen LogP contribution in [0.25, 0.3) is 0 Å². The predicted octanol–water partition coefficient (Wildman–Crippen LogP) is -4.49. The first kappa shape index (κ1) is 15.3. The fourth-order valence-electron chi connectivity index (χ4n) is 2.34. The maximum atomic E-state index is 10.5. The first-order valence-corrected chi connectivity index (χ1v) is 5.32. The van der Waals surface area contributed by atoms with Crippen molar-refractivity contribution in [3.63, 3.8) is 0 Å². The van der Waals surface area contributed by atoms with Gasteiger partial charge in [0.2, 0.25) is 0 Å². The number of nitrogens with zero attached hydrogens (tertiary/aromatic N) is 4. The smallest absolute Gasteiger partial charge is 0.549 e. The second-order valence-electron chi connectivity index (χ2n) is 4.45. The van der Waals surface area contributed by atoms with Crippen molar-refractivity contribution in [1.82, 2.24) is 19.6 Å². The molecule has 2 heterocycles. The molecular formula is C9H14N4NiO4. The van der Waals surface area contributed by atoms with Crippen molar-refractivity contribution in [1.29, 1.82) is 0 Å². The van der Waals surface area contributed by atoms with Crippen LogP contribution in [-0.4, -0.2) is 78.0 Å². The van der Waals surface area contributed by atoms with Gasteiger partial charge in [-0.3, -0.25) is 19.6 Å². The average Bonchev–Trinajstić information content (AvgIpc) is 2.12. The molecule has 0 aliphatic carbocycles. The topological polar surface area (TPSA) is 93.2 Å². The van der Waals surface area contributed by atoms with Crippen LogP contribution in [-0.2, 0) is 26.1 Å². The van der Waals surface area contributed by atoms with Gasteiger partial charge in [-0.15, -0.1) is 0 Å². The van der Waals surface area contributed by atoms with Crippen molar-refractivity contribution in [3.8, 4) is 0 Å². The Morgan fingerprint density at radius 3 is 1.39 bits per heavy atom. The van der Waals surface area contributed by atoms with Crippen molar-refractivity contribution < 1.29 is 36.3 Å². The molecule has 0 radical (unpaired) electrons. The van der Waals surface area contributed by atoms with Gasteiger partial charge in [-0.05, 0) is 0 Å². The van der Waals surface area contributed by atoms with Crippen molar-refractivity contribution in [3.05, 3.63) is 0 Å². The van der Waals surface area contributed by atoms with Gasteiger partial charge in [0, 0.05) is 13.1 Å². The molecule has 0 unspecified atom stereocenters. The molecule has 2 aliphatic heterocycles. The maximum absolute atomic E-state index is 10.5. The summed E-state index contributed by atoms with van der Waals surface area (Å²) in [5.74, 6) is -2.20. The molecule has 104 valence electrons. The molecule has 0 aromatic heterocycles. The Balaban J connectivity index is 0.00000162. The van der Waals surface area contributed by atoms with Crippen molar-refractivity contribution >= 4 is 11.9 Å². The Hall–Kier alpha value is -0.726. The summed E-state index contributed by atoms with van der Waals surface area (Å²) in [4.78, 5) is 28.5. The molecule has 9 heteroatoms. The molecule has 2 fully saturated rings. The molecule has 0 spiro atoms. The van der Waals surface area contributed by atoms with Crippen LogP contribution >= 0.6 is 0 Å². The van der Waals surface area contributed by atoms with E-state index in [1.807, 2.05) is 9.80 Å². The number of fused-ring (bicyclic) bond motifs is 2. The van der Waals surface area contributed by atoms with Crippen LogP contribution in [0.1, 0.15) is 0 Å². The van der Waals surface area contributed by atoms with Gasteiger partial charge in [0.25, 0.3) is 0 Å². The third kappa shape index (κ3) is 4.18. The minimum atomic E-state index is -1.10. The third-order valence-electron chi connectivity index (χ3n) is 2.71. The number of carboxylic acid groups (broad SMARTS) is 2. The molecule has 0 aromatic carbocycles. The zero-order valence-corrected chi connectivity index (χ0v) is 10.7. The summed E-state index contributed by atoms with van der Waals surface area (Å²) in [6, 6.07) is 0. The summed E-state index contributed by atoms with van der Waals surface area (Å²) >= 11 is 0. The predicted molar refractivity (Wildman–Crippen MR) is 51.4 cm³/mol. The average molecular weight is 301 g/mol. The second kappa shape index (κ2) is 6.44. The quantitative estimate of drug-likeness (QED) is 0.480. The maximum Gasteiger partial charge on any atom is 2.00 e. The molecule has 8 nitrogen and oxygen atoms in total. The SMILES string of the molecule is O=C([O-])CN1CN2CN(CC(=O)[O-])CN(C1)C2.[Ni+2]. The molecule has 2 rings (SSSR count). The van der Waals surface area contributed by atoms with Crippen molar-refractivity contribution in [2.24, 2.45) is 0 Å². The summed E-state index contributed by atoms with van der Waals surface area (Å²) in [7, 11) is 0. The van der Waals surface area contributed by atoms with Crippen molar-refractivity contribution in [2.45, 2.75) is 0 Å². The van der Waals surface area contributed by atoms with E-state index < -0.39 is 11.9 Å². The number of hydrogen-bond donors (Lipinski definition) is 0. The molecule has 0 atom stereocenters. The fraction of sp³-hybridized carbons (Fsp3) is 0.778. The minimum absolute atomic E-state index is 0. The van der Waals surface area contributed by atoms with Crippen LogP contribution in [0.3, 0.4) is 0 Å². The Morgan fingerprint density at radius 1 is 0.778 bits per heavy atom. The van der Waals surface area contributed by atoms with Gasteiger partial charge in [0.15, 0.2) is 0 Å². The van der Waals surface area contributed by atoms with Crippen LogP contribution in [0.5, 0.6) is 0 Å². The van der Waals surface area contributed by atoms with Gasteiger partial charge in [-0.2, -0.15) is 0 Å². The van der Waals surface area contributed by atoms with E-state index in [9.17, 15) is 19.8 Å². The Bertz CT molecular complexity index is 288. The Kier molecular flexibility index (Phi) is 5.49. The summed E-state index contributed by atoms with van der Waals surface area (Å²) in [5, 5.41) is 21.0. The van der Waals surface area contributed by atoms with Crippen LogP contribution < -0.4 is 10.2 Å². The summed E-state index contributed by atoms with van der Waals surface area (Å²) in [6.07, 6.45) is 0. The fourth-order valence-corrected chi connectivity index (χ4v) is 2.34. The zero-order chi connectivity index (χ0) is 12.4. The summed E-state index contributed by atoms with van der Waals surface area (Å²) in [5.41, 5.74) is 0. The molecule has 0 aromatic rings. The first-order chi connectivity index (χ1) is 8.02.